The largest absolute Gasteiger partial charge is 0.508 e. The third-order valence-corrected chi connectivity index (χ3v) is 3.63. The highest BCUT2D eigenvalue weighted by molar-refractivity contribution is 5.84. The zero-order chi connectivity index (χ0) is 18.0. The first kappa shape index (κ1) is 16.9. The quantitative estimate of drug-likeness (QED) is 0.536. The molecule has 0 saturated heterocycles. The molecule has 132 valence electrons. The Morgan fingerprint density at radius 3 is 2.88 bits per heavy atom. The molecule has 0 radical (unpaired) electrons. The van der Waals surface area contributed by atoms with Gasteiger partial charge in [-0.05, 0) is 25.1 Å². The van der Waals surface area contributed by atoms with Crippen molar-refractivity contribution in [1.29, 1.82) is 0 Å². The van der Waals surface area contributed by atoms with Crippen LogP contribution in [0.15, 0.2) is 24.5 Å². The van der Waals surface area contributed by atoms with Crippen LogP contribution in [0, 0.1) is 5.82 Å². The van der Waals surface area contributed by atoms with E-state index in [2.05, 4.69) is 25.6 Å². The summed E-state index contributed by atoms with van der Waals surface area (Å²) in [6.45, 7) is 2.59. The average molecular weight is 345 g/mol. The summed E-state index contributed by atoms with van der Waals surface area (Å²) in [6.07, 6.45) is 1.64. The highest BCUT2D eigenvalue weighted by Gasteiger charge is 2.13. The van der Waals surface area contributed by atoms with Crippen LogP contribution >= 0.6 is 0 Å². The van der Waals surface area contributed by atoms with E-state index in [0.29, 0.717) is 35.0 Å². The summed E-state index contributed by atoms with van der Waals surface area (Å²) >= 11 is 0. The van der Waals surface area contributed by atoms with E-state index >= 15 is 0 Å². The van der Waals surface area contributed by atoms with Crippen molar-refractivity contribution in [2.75, 3.05) is 17.2 Å². The Morgan fingerprint density at radius 2 is 2.12 bits per heavy atom. The summed E-state index contributed by atoms with van der Waals surface area (Å²) in [5, 5.41) is 16.0. The van der Waals surface area contributed by atoms with E-state index in [-0.39, 0.29) is 18.3 Å². The standard InChI is InChI=1S/C16H20FN7O/c1-9(18)6-20-16-22-14(13-15(23-16)24(2)8-21-13)19-7-10-5-11(17)3-4-12(10)25/h3-5,8-9,25H,6-7,18H2,1-2H3,(H2,19,20,22,23). The molecule has 0 saturated carbocycles. The summed E-state index contributed by atoms with van der Waals surface area (Å²) in [6, 6.07) is 3.75. The van der Waals surface area contributed by atoms with E-state index in [1.54, 1.807) is 10.9 Å². The Balaban J connectivity index is 1.89. The van der Waals surface area contributed by atoms with Gasteiger partial charge in [0.15, 0.2) is 17.0 Å². The fourth-order valence-corrected chi connectivity index (χ4v) is 2.34. The maximum atomic E-state index is 13.4. The van der Waals surface area contributed by atoms with E-state index in [1.807, 2.05) is 14.0 Å². The number of benzene rings is 1. The van der Waals surface area contributed by atoms with Gasteiger partial charge in [-0.25, -0.2) is 9.37 Å². The fraction of sp³-hybridized carbons (Fsp3) is 0.312. The minimum absolute atomic E-state index is 0.00975. The van der Waals surface area contributed by atoms with Crippen molar-refractivity contribution in [3.8, 4) is 5.75 Å². The van der Waals surface area contributed by atoms with E-state index in [9.17, 15) is 9.50 Å². The van der Waals surface area contributed by atoms with Crippen molar-refractivity contribution >= 4 is 22.9 Å². The number of nitrogens with one attached hydrogen (secondary N) is 2. The van der Waals surface area contributed by atoms with Crippen molar-refractivity contribution in [3.05, 3.63) is 35.9 Å². The molecule has 25 heavy (non-hydrogen) atoms. The van der Waals surface area contributed by atoms with E-state index in [1.165, 1.54) is 18.2 Å². The maximum Gasteiger partial charge on any atom is 0.226 e. The van der Waals surface area contributed by atoms with Crippen molar-refractivity contribution in [2.45, 2.75) is 19.5 Å². The van der Waals surface area contributed by atoms with Gasteiger partial charge < -0.3 is 26.0 Å². The SMILES string of the molecule is CC(N)CNc1nc(NCc2cc(F)ccc2O)c2ncn(C)c2n1. The second-order valence-electron chi connectivity index (χ2n) is 5.91. The van der Waals surface area contributed by atoms with Gasteiger partial charge in [0, 0.05) is 31.7 Å². The van der Waals surface area contributed by atoms with Gasteiger partial charge >= 0.3 is 0 Å². The van der Waals surface area contributed by atoms with E-state index < -0.39 is 5.82 Å². The van der Waals surface area contributed by atoms with Crippen LogP contribution in [0.2, 0.25) is 0 Å². The van der Waals surface area contributed by atoms with Crippen LogP contribution < -0.4 is 16.4 Å². The zero-order valence-corrected chi connectivity index (χ0v) is 14.0. The molecule has 3 rings (SSSR count). The maximum absolute atomic E-state index is 13.4. The zero-order valence-electron chi connectivity index (χ0n) is 14.0. The molecule has 0 bridgehead atoms. The molecule has 1 aromatic carbocycles. The Hall–Kier alpha value is -2.94. The summed E-state index contributed by atoms with van der Waals surface area (Å²) in [4.78, 5) is 13.1. The molecule has 0 aliphatic rings. The van der Waals surface area contributed by atoms with Crippen molar-refractivity contribution in [1.82, 2.24) is 19.5 Å². The Bertz CT molecular complexity index is 894. The topological polar surface area (TPSA) is 114 Å². The number of phenolic OH excluding ortho intramolecular Hbond substituents is 1. The highest BCUT2D eigenvalue weighted by atomic mass is 19.1. The number of hydrogen-bond donors (Lipinski definition) is 4. The van der Waals surface area contributed by atoms with Gasteiger partial charge in [0.2, 0.25) is 5.95 Å². The molecule has 8 nitrogen and oxygen atoms in total. The number of imidazole rings is 1. The predicted octanol–water partition coefficient (Wildman–Crippen LogP) is 1.58. The Kier molecular flexibility index (Phi) is 4.66. The molecule has 1 atom stereocenters. The summed E-state index contributed by atoms with van der Waals surface area (Å²) in [5.74, 6) is 0.496. The number of nitrogens with two attached hydrogens (primary N) is 1. The number of aryl methyl sites for hydroxylation is 1. The third-order valence-electron chi connectivity index (χ3n) is 3.63. The predicted molar refractivity (Wildman–Crippen MR) is 93.8 cm³/mol. The molecule has 1 unspecified atom stereocenters. The number of fused-ring (bicyclic) bond motifs is 1. The van der Waals surface area contributed by atoms with Crippen LogP contribution in [-0.2, 0) is 13.6 Å². The molecular weight excluding hydrogens is 325 g/mol. The monoisotopic (exact) mass is 345 g/mol. The number of aromatic hydroxyl groups is 1. The molecule has 5 N–H and O–H groups in total. The normalized spacial score (nSPS) is 12.3. The first-order valence-electron chi connectivity index (χ1n) is 7.84. The van der Waals surface area contributed by atoms with Crippen LogP contribution in [-0.4, -0.2) is 37.2 Å². The van der Waals surface area contributed by atoms with Gasteiger partial charge in [0.25, 0.3) is 0 Å². The van der Waals surface area contributed by atoms with Gasteiger partial charge in [-0.1, -0.05) is 0 Å². The molecule has 0 aliphatic heterocycles. The second-order valence-corrected chi connectivity index (χ2v) is 5.91. The fourth-order valence-electron chi connectivity index (χ4n) is 2.34. The van der Waals surface area contributed by atoms with Gasteiger partial charge in [0.1, 0.15) is 11.6 Å². The van der Waals surface area contributed by atoms with Crippen LogP contribution in [0.1, 0.15) is 12.5 Å². The Labute approximate surface area is 143 Å². The molecule has 9 heteroatoms. The van der Waals surface area contributed by atoms with Gasteiger partial charge in [-0.15, -0.1) is 0 Å². The lowest BCUT2D eigenvalue weighted by Crippen LogP contribution is -2.26. The molecule has 3 aromatic rings. The minimum Gasteiger partial charge on any atom is -0.508 e. The first-order valence-corrected chi connectivity index (χ1v) is 7.84. The van der Waals surface area contributed by atoms with Crippen molar-refractivity contribution < 1.29 is 9.50 Å². The highest BCUT2D eigenvalue weighted by Crippen LogP contribution is 2.23. The summed E-state index contributed by atoms with van der Waals surface area (Å²) in [7, 11) is 1.83. The number of nitrogens with zero attached hydrogens (tertiary/aromatic N) is 4. The summed E-state index contributed by atoms with van der Waals surface area (Å²) in [5.41, 5.74) is 7.41. The number of anilines is 2. The van der Waals surface area contributed by atoms with Gasteiger partial charge in [0.05, 0.1) is 6.33 Å². The molecule has 0 amide bonds. The van der Waals surface area contributed by atoms with Crippen LogP contribution in [0.25, 0.3) is 11.2 Å². The molecule has 2 heterocycles. The van der Waals surface area contributed by atoms with Crippen LogP contribution in [0.3, 0.4) is 0 Å². The molecular formula is C16H20FN7O. The Morgan fingerprint density at radius 1 is 1.32 bits per heavy atom. The number of halogens is 1. The lowest BCUT2D eigenvalue weighted by molar-refractivity contribution is 0.466. The van der Waals surface area contributed by atoms with Crippen molar-refractivity contribution in [3.63, 3.8) is 0 Å². The number of rotatable bonds is 6. The minimum atomic E-state index is -0.417. The molecule has 0 aliphatic carbocycles. The van der Waals surface area contributed by atoms with E-state index in [4.69, 9.17) is 5.73 Å². The van der Waals surface area contributed by atoms with Gasteiger partial charge in [-0.3, -0.25) is 0 Å². The van der Waals surface area contributed by atoms with Gasteiger partial charge in [-0.2, -0.15) is 9.97 Å². The third kappa shape index (κ3) is 3.77. The van der Waals surface area contributed by atoms with Crippen LogP contribution in [0.5, 0.6) is 5.75 Å². The summed E-state index contributed by atoms with van der Waals surface area (Å²) < 4.78 is 15.1. The molecule has 0 spiro atoms. The number of aromatic nitrogens is 4. The van der Waals surface area contributed by atoms with Crippen LogP contribution in [0.4, 0.5) is 16.2 Å². The second kappa shape index (κ2) is 6.89. The lowest BCUT2D eigenvalue weighted by atomic mass is 10.2. The number of phenols is 1. The smallest absolute Gasteiger partial charge is 0.226 e. The van der Waals surface area contributed by atoms with Crippen molar-refractivity contribution in [2.24, 2.45) is 12.8 Å². The number of hydrogen-bond acceptors (Lipinski definition) is 7. The van der Waals surface area contributed by atoms with E-state index in [0.717, 1.165) is 0 Å². The average Bonchev–Trinajstić information content (AvgIpc) is 2.95. The molecule has 2 aromatic heterocycles. The first-order chi connectivity index (χ1) is 11.9. The molecule has 0 fully saturated rings. The lowest BCUT2D eigenvalue weighted by Gasteiger charge is -2.12.